The summed E-state index contributed by atoms with van der Waals surface area (Å²) in [5.41, 5.74) is 1.92. The molecule has 12 heteroatoms. The lowest BCUT2D eigenvalue weighted by molar-refractivity contribution is -0.981. The first-order chi connectivity index (χ1) is 24.1. The lowest BCUT2D eigenvalue weighted by atomic mass is 9.89. The van der Waals surface area contributed by atoms with E-state index in [4.69, 9.17) is 28.6 Å². The van der Waals surface area contributed by atoms with Crippen molar-refractivity contribution in [3.8, 4) is 0 Å². The molecule has 0 fully saturated rings. The summed E-state index contributed by atoms with van der Waals surface area (Å²) in [6, 6.07) is 0. The maximum atomic E-state index is 12.7. The highest BCUT2D eigenvalue weighted by Gasteiger charge is 2.35. The first-order valence-electron chi connectivity index (χ1n) is 18.1. The van der Waals surface area contributed by atoms with Crippen LogP contribution in [0.4, 0.5) is 0 Å². The van der Waals surface area contributed by atoms with Gasteiger partial charge >= 0.3 is 5.09 Å². The molecule has 0 bridgehead atoms. The fraction of sp³-hybridized carbons (Fsp3) is 0.684. The maximum Gasteiger partial charge on any atom is 0.477 e. The Bertz CT molecular complexity index is 1220. The fourth-order valence-corrected chi connectivity index (χ4v) is 6.23. The monoisotopic (exact) mass is 704 g/mol. The van der Waals surface area contributed by atoms with Gasteiger partial charge in [-0.1, -0.05) is 64.2 Å². The molecule has 12 nitrogen and oxygen atoms in total. The average Bonchev–Trinajstić information content (AvgIpc) is 3.11. The molecule has 2 aliphatic carbocycles. The van der Waals surface area contributed by atoms with E-state index in [0.29, 0.717) is 48.3 Å². The zero-order chi connectivity index (χ0) is 36.9. The summed E-state index contributed by atoms with van der Waals surface area (Å²) >= 11 is 0. The van der Waals surface area contributed by atoms with Crippen LogP contribution in [-0.4, -0.2) is 69.9 Å². The molecule has 0 aromatic heterocycles. The number of ether oxygens (including phenoxy) is 4. The molecule has 0 unspecified atom stereocenters. The van der Waals surface area contributed by atoms with E-state index >= 15 is 0 Å². The molecule has 0 heterocycles. The normalized spacial score (nSPS) is 15.3. The van der Waals surface area contributed by atoms with Crippen molar-refractivity contribution in [3.63, 3.8) is 0 Å². The lowest BCUT2D eigenvalue weighted by Gasteiger charge is -2.20. The molecule has 50 heavy (non-hydrogen) atoms. The van der Waals surface area contributed by atoms with E-state index in [1.54, 1.807) is 13.8 Å². The van der Waals surface area contributed by atoms with Crippen LogP contribution < -0.4 is 0 Å². The van der Waals surface area contributed by atoms with Crippen molar-refractivity contribution in [1.29, 1.82) is 0 Å². The molecule has 2 rings (SSSR count). The Balaban J connectivity index is 1.39. The minimum atomic E-state index is -0.287. The molecule has 0 amide bonds. The molecule has 0 radical (unpaired) electrons. The van der Waals surface area contributed by atoms with E-state index in [1.807, 2.05) is 0 Å². The third kappa shape index (κ3) is 12.7. The van der Waals surface area contributed by atoms with Crippen LogP contribution in [0.3, 0.4) is 0 Å². The summed E-state index contributed by atoms with van der Waals surface area (Å²) in [7, 11) is 5.47. The molecule has 0 aromatic carbocycles. The molecular weight excluding hydrogens is 646 g/mol. The molecule has 2 aliphatic rings. The van der Waals surface area contributed by atoms with E-state index in [9.17, 15) is 24.1 Å². The summed E-state index contributed by atoms with van der Waals surface area (Å²) in [5, 5.41) is 0.229. The van der Waals surface area contributed by atoms with Crippen LogP contribution in [0, 0.1) is 4.91 Å². The molecule has 0 N–H and O–H groups in total. The van der Waals surface area contributed by atoms with Gasteiger partial charge in [-0.15, -0.1) is 0 Å². The Hall–Kier alpha value is -3.96. The molecular formula is C38H58NO11+. The van der Waals surface area contributed by atoms with Gasteiger partial charge in [0.2, 0.25) is 46.2 Å². The quantitative estimate of drug-likeness (QED) is 0.0451. The lowest BCUT2D eigenvalue weighted by Crippen LogP contribution is -2.25. The highest BCUT2D eigenvalue weighted by atomic mass is 17.0. The average molecular weight is 705 g/mol. The Labute approximate surface area is 297 Å². The third-order valence-electron chi connectivity index (χ3n) is 9.22. The van der Waals surface area contributed by atoms with Crippen LogP contribution in [0.1, 0.15) is 129 Å². The Kier molecular flexibility index (Phi) is 19.8. The first-order valence-corrected chi connectivity index (χ1v) is 18.1. The van der Waals surface area contributed by atoms with Crippen molar-refractivity contribution in [3.05, 3.63) is 50.2 Å². The van der Waals surface area contributed by atoms with Gasteiger partial charge < -0.3 is 18.9 Å². The molecule has 0 spiro atoms. The van der Waals surface area contributed by atoms with Gasteiger partial charge in [-0.05, 0) is 65.2 Å². The highest BCUT2D eigenvalue weighted by Crippen LogP contribution is 2.30. The van der Waals surface area contributed by atoms with Crippen molar-refractivity contribution < 1.29 is 52.9 Å². The van der Waals surface area contributed by atoms with Crippen LogP contribution in [0.2, 0.25) is 0 Å². The Morgan fingerprint density at radius 1 is 0.400 bits per heavy atom. The summed E-state index contributed by atoms with van der Waals surface area (Å²) in [6.45, 7) is 3.99. The molecule has 0 aliphatic heterocycles. The van der Waals surface area contributed by atoms with Crippen LogP contribution >= 0.6 is 0 Å². The number of carbonyl (C=O) groups excluding carboxylic acids is 4. The summed E-state index contributed by atoms with van der Waals surface area (Å²) < 4.78 is 20.4. The van der Waals surface area contributed by atoms with Crippen molar-refractivity contribution in [2.75, 3.05) is 41.7 Å². The van der Waals surface area contributed by atoms with Gasteiger partial charge in [-0.25, -0.2) is 0 Å². The molecule has 0 saturated heterocycles. The number of nitrogens with zero attached hydrogens (tertiary/aromatic N) is 1. The van der Waals surface area contributed by atoms with E-state index in [2.05, 4.69) is 0 Å². The van der Waals surface area contributed by atoms with Crippen molar-refractivity contribution >= 4 is 23.1 Å². The Morgan fingerprint density at radius 3 is 0.960 bits per heavy atom. The van der Waals surface area contributed by atoms with Gasteiger partial charge in [0, 0.05) is 22.3 Å². The number of rotatable bonds is 28. The second-order valence-corrected chi connectivity index (χ2v) is 12.7. The van der Waals surface area contributed by atoms with Crippen LogP contribution in [0.15, 0.2) is 45.3 Å². The minimum absolute atomic E-state index is 0.00984. The van der Waals surface area contributed by atoms with Gasteiger partial charge in [-0.2, -0.15) is 9.68 Å². The van der Waals surface area contributed by atoms with Gasteiger partial charge in [0.1, 0.15) is 4.91 Å². The number of carbonyl (C=O) groups is 4. The van der Waals surface area contributed by atoms with Gasteiger partial charge in [0.05, 0.1) is 28.4 Å². The van der Waals surface area contributed by atoms with Crippen molar-refractivity contribution in [1.82, 2.24) is 0 Å². The zero-order valence-electron chi connectivity index (χ0n) is 31.1. The van der Waals surface area contributed by atoms with Crippen LogP contribution in [-0.2, 0) is 47.8 Å². The number of Topliss-reactive ketones (excluding diaryl/α,β-unsaturated/α-hetero) is 4. The number of ketones is 4. The Morgan fingerprint density at radius 2 is 0.660 bits per heavy atom. The zero-order valence-corrected chi connectivity index (χ0v) is 31.1. The maximum absolute atomic E-state index is 12.7. The van der Waals surface area contributed by atoms with E-state index in [-0.39, 0.29) is 51.3 Å². The largest absolute Gasteiger partial charge is 0.489 e. The van der Waals surface area contributed by atoms with Gasteiger partial charge in [0.25, 0.3) is 0 Å². The van der Waals surface area contributed by atoms with Gasteiger partial charge in [0.15, 0.2) is 13.2 Å². The number of unbranched alkanes of at least 4 members (excludes halogenated alkanes) is 14. The smallest absolute Gasteiger partial charge is 0.477 e. The third-order valence-corrected chi connectivity index (χ3v) is 9.22. The van der Waals surface area contributed by atoms with Crippen LogP contribution in [0.25, 0.3) is 0 Å². The second kappa shape index (κ2) is 23.4. The van der Waals surface area contributed by atoms with Crippen molar-refractivity contribution in [2.45, 2.75) is 129 Å². The summed E-state index contributed by atoms with van der Waals surface area (Å²) in [4.78, 5) is 72.3. The van der Waals surface area contributed by atoms with E-state index in [0.717, 1.165) is 103 Å². The topological polar surface area (TPSA) is 144 Å². The highest BCUT2D eigenvalue weighted by molar-refractivity contribution is 6.24. The van der Waals surface area contributed by atoms with E-state index < -0.39 is 0 Å². The fourth-order valence-electron chi connectivity index (χ4n) is 6.23. The molecule has 0 atom stereocenters. The van der Waals surface area contributed by atoms with Crippen LogP contribution in [0.5, 0.6) is 0 Å². The summed E-state index contributed by atoms with van der Waals surface area (Å²) in [5.74, 6) is -1.16. The summed E-state index contributed by atoms with van der Waals surface area (Å²) in [6.07, 6.45) is 16.8. The number of hydrogen-bond acceptors (Lipinski definition) is 11. The predicted octanol–water partition coefficient (Wildman–Crippen LogP) is 7.60. The predicted molar refractivity (Wildman–Crippen MR) is 186 cm³/mol. The standard InChI is InChI=1S/C38H58NO11/c1-27-29(33(42)37(47-5)35(45-3)31(27)40)23-19-15-11-7-9-13-17-21-25-49-39(44)50-26-22-18-14-10-8-12-16-20-24-30-28(2)32(41)36(46-4)38(48-6)34(30)43/h7-26H2,1-6H3/q+1. The second-order valence-electron chi connectivity index (χ2n) is 12.7. The van der Waals surface area contributed by atoms with Gasteiger partial charge in [-0.3, -0.25) is 19.2 Å². The SMILES string of the molecule is COC1=C(OC)C(=O)C(CCCCCCCCCCO[N+](=O)OCCCCCCCCCCC2=C(C)C(=O)C(OC)=C(OC)C2=O)=C(C)C1=O. The molecule has 0 aromatic rings. The minimum Gasteiger partial charge on any atom is -0.489 e. The molecule has 0 saturated carbocycles. The number of allylic oxidation sites excluding steroid dienone is 4. The van der Waals surface area contributed by atoms with Crippen molar-refractivity contribution in [2.24, 2.45) is 0 Å². The first kappa shape index (κ1) is 42.2. The van der Waals surface area contributed by atoms with E-state index in [1.165, 1.54) is 28.4 Å². The molecule has 280 valence electrons. The number of hydrogen-bond donors (Lipinski definition) is 0. The number of methoxy groups -OCH3 is 4.